The molecule has 0 amide bonds. The van der Waals surface area contributed by atoms with E-state index >= 15 is 0 Å². The van der Waals surface area contributed by atoms with Gasteiger partial charge in [-0.15, -0.1) is 0 Å². The van der Waals surface area contributed by atoms with Gasteiger partial charge in [-0.3, -0.25) is 4.79 Å². The van der Waals surface area contributed by atoms with E-state index in [1.165, 1.54) is 0 Å². The Morgan fingerprint density at radius 2 is 2.09 bits per heavy atom. The molecule has 0 fully saturated rings. The summed E-state index contributed by atoms with van der Waals surface area (Å²) in [5.74, 6) is 0.448. The Balaban J connectivity index is 2.75. The first kappa shape index (κ1) is 8.05. The minimum absolute atomic E-state index is 0.0730. The predicted molar refractivity (Wildman–Crippen MR) is 43.3 cm³/mol. The quantitative estimate of drug-likeness (QED) is 0.614. The van der Waals surface area contributed by atoms with Gasteiger partial charge in [-0.25, -0.2) is 0 Å². The molecule has 0 saturated carbocycles. The standard InChI is InChI=1S/C9H12O2/c1-5(2)4-7-8(10)6(3)9(7)11/h5,10H,3-4H2,1-2H3. The molecule has 0 atom stereocenters. The second-order valence-electron chi connectivity index (χ2n) is 3.23. The van der Waals surface area contributed by atoms with E-state index in [1.807, 2.05) is 13.8 Å². The van der Waals surface area contributed by atoms with Gasteiger partial charge >= 0.3 is 0 Å². The Kier molecular flexibility index (Phi) is 1.85. The van der Waals surface area contributed by atoms with Crippen molar-refractivity contribution in [3.05, 3.63) is 23.5 Å². The summed E-state index contributed by atoms with van der Waals surface area (Å²) in [6.45, 7) is 7.44. The molecule has 0 aromatic rings. The minimum Gasteiger partial charge on any atom is -0.507 e. The molecule has 2 heteroatoms. The third-order valence-corrected chi connectivity index (χ3v) is 1.73. The molecule has 2 nitrogen and oxygen atoms in total. The molecular weight excluding hydrogens is 140 g/mol. The van der Waals surface area contributed by atoms with Gasteiger partial charge in [0.15, 0.2) is 5.78 Å². The molecule has 1 rings (SSSR count). The molecule has 0 bridgehead atoms. The third-order valence-electron chi connectivity index (χ3n) is 1.73. The van der Waals surface area contributed by atoms with E-state index in [-0.39, 0.29) is 17.1 Å². The van der Waals surface area contributed by atoms with Crippen LogP contribution in [0.2, 0.25) is 0 Å². The van der Waals surface area contributed by atoms with Gasteiger partial charge in [-0.05, 0) is 12.3 Å². The van der Waals surface area contributed by atoms with Crippen molar-refractivity contribution in [2.75, 3.05) is 0 Å². The fraction of sp³-hybridized carbons (Fsp3) is 0.444. The molecule has 1 aliphatic carbocycles. The van der Waals surface area contributed by atoms with Gasteiger partial charge in [-0.2, -0.15) is 0 Å². The number of hydrogen-bond donors (Lipinski definition) is 1. The number of ketones is 1. The van der Waals surface area contributed by atoms with E-state index in [2.05, 4.69) is 6.58 Å². The SMILES string of the molecule is C=C1C(=O)C(CC(C)C)=C1O. The van der Waals surface area contributed by atoms with Gasteiger partial charge in [0, 0.05) is 5.57 Å². The van der Waals surface area contributed by atoms with Gasteiger partial charge in [0.05, 0.1) is 5.57 Å². The summed E-state index contributed by atoms with van der Waals surface area (Å²) in [5.41, 5.74) is 0.811. The van der Waals surface area contributed by atoms with Crippen LogP contribution in [0.15, 0.2) is 23.5 Å². The van der Waals surface area contributed by atoms with Crippen LogP contribution in [0.25, 0.3) is 0 Å². The van der Waals surface area contributed by atoms with Gasteiger partial charge in [-0.1, -0.05) is 20.4 Å². The van der Waals surface area contributed by atoms with Crippen molar-refractivity contribution < 1.29 is 9.90 Å². The molecule has 0 heterocycles. The molecule has 1 aliphatic rings. The van der Waals surface area contributed by atoms with Crippen LogP contribution in [0.1, 0.15) is 20.3 Å². The van der Waals surface area contributed by atoms with E-state index in [0.29, 0.717) is 17.9 Å². The molecule has 0 aromatic heterocycles. The van der Waals surface area contributed by atoms with Crippen molar-refractivity contribution in [2.45, 2.75) is 20.3 Å². The molecule has 0 radical (unpaired) electrons. The van der Waals surface area contributed by atoms with E-state index in [1.54, 1.807) is 0 Å². The lowest BCUT2D eigenvalue weighted by Crippen LogP contribution is -2.22. The van der Waals surface area contributed by atoms with Crippen LogP contribution in [-0.2, 0) is 4.79 Å². The number of carbonyl (C=O) groups is 1. The van der Waals surface area contributed by atoms with Crippen molar-refractivity contribution in [1.82, 2.24) is 0 Å². The van der Waals surface area contributed by atoms with Crippen LogP contribution in [0.5, 0.6) is 0 Å². The van der Waals surface area contributed by atoms with Crippen LogP contribution in [-0.4, -0.2) is 10.9 Å². The second-order valence-corrected chi connectivity index (χ2v) is 3.23. The van der Waals surface area contributed by atoms with Crippen LogP contribution < -0.4 is 0 Å². The molecule has 0 saturated heterocycles. The van der Waals surface area contributed by atoms with Crippen LogP contribution in [0.3, 0.4) is 0 Å². The minimum atomic E-state index is -0.0730. The highest BCUT2D eigenvalue weighted by atomic mass is 16.3. The van der Waals surface area contributed by atoms with Gasteiger partial charge < -0.3 is 5.11 Å². The largest absolute Gasteiger partial charge is 0.507 e. The lowest BCUT2D eigenvalue weighted by atomic mass is 9.84. The zero-order valence-corrected chi connectivity index (χ0v) is 6.85. The van der Waals surface area contributed by atoms with Crippen molar-refractivity contribution in [2.24, 2.45) is 5.92 Å². The van der Waals surface area contributed by atoms with Crippen molar-refractivity contribution in [3.8, 4) is 0 Å². The maximum atomic E-state index is 11.0. The smallest absolute Gasteiger partial charge is 0.195 e. The number of carbonyl (C=O) groups excluding carboxylic acids is 1. The second kappa shape index (κ2) is 2.53. The van der Waals surface area contributed by atoms with Gasteiger partial charge in [0.25, 0.3) is 0 Å². The summed E-state index contributed by atoms with van der Waals surface area (Å²) in [6, 6.07) is 0. The summed E-state index contributed by atoms with van der Waals surface area (Å²) in [6.07, 6.45) is 0.656. The molecule has 0 unspecified atom stereocenters. The molecule has 0 aliphatic heterocycles. The Hall–Kier alpha value is -1.05. The fourth-order valence-corrected chi connectivity index (χ4v) is 1.11. The van der Waals surface area contributed by atoms with E-state index in [9.17, 15) is 4.79 Å². The average Bonchev–Trinajstić information content (AvgIpc) is 1.98. The highest BCUT2D eigenvalue weighted by Crippen LogP contribution is 2.30. The van der Waals surface area contributed by atoms with E-state index < -0.39 is 0 Å². The zero-order chi connectivity index (χ0) is 8.59. The molecule has 60 valence electrons. The average molecular weight is 152 g/mol. The summed E-state index contributed by atoms with van der Waals surface area (Å²) in [4.78, 5) is 11.0. The van der Waals surface area contributed by atoms with Gasteiger partial charge in [0.1, 0.15) is 5.76 Å². The number of aliphatic hydroxyl groups is 1. The van der Waals surface area contributed by atoms with Gasteiger partial charge in [0.2, 0.25) is 0 Å². The third kappa shape index (κ3) is 1.20. The Labute approximate surface area is 66.2 Å². The normalized spacial score (nSPS) is 17.7. The topological polar surface area (TPSA) is 37.3 Å². The summed E-state index contributed by atoms with van der Waals surface area (Å²) in [5, 5.41) is 9.15. The highest BCUT2D eigenvalue weighted by molar-refractivity contribution is 6.18. The van der Waals surface area contributed by atoms with Crippen LogP contribution >= 0.6 is 0 Å². The summed E-state index contributed by atoms with van der Waals surface area (Å²) in [7, 11) is 0. The molecular formula is C9H12O2. The fourth-order valence-electron chi connectivity index (χ4n) is 1.11. The Bertz CT molecular complexity index is 246. The van der Waals surface area contributed by atoms with Crippen molar-refractivity contribution in [3.63, 3.8) is 0 Å². The number of rotatable bonds is 2. The van der Waals surface area contributed by atoms with Crippen LogP contribution in [0.4, 0.5) is 0 Å². The maximum absolute atomic E-state index is 11.0. The summed E-state index contributed by atoms with van der Waals surface area (Å²) < 4.78 is 0. The highest BCUT2D eigenvalue weighted by Gasteiger charge is 2.31. The lowest BCUT2D eigenvalue weighted by Gasteiger charge is -2.20. The molecule has 0 aromatic carbocycles. The number of allylic oxidation sites excluding steroid dienone is 2. The first-order valence-electron chi connectivity index (χ1n) is 3.70. The first-order valence-corrected chi connectivity index (χ1v) is 3.70. The summed E-state index contributed by atoms with van der Waals surface area (Å²) >= 11 is 0. The van der Waals surface area contributed by atoms with Crippen molar-refractivity contribution >= 4 is 5.78 Å². The number of Topliss-reactive ketones (excluding diaryl/α,β-unsaturated/α-hetero) is 1. The molecule has 1 N–H and O–H groups in total. The number of aliphatic hydroxyl groups excluding tert-OH is 1. The molecule has 0 spiro atoms. The van der Waals surface area contributed by atoms with Crippen molar-refractivity contribution in [1.29, 1.82) is 0 Å². The predicted octanol–water partition coefficient (Wildman–Crippen LogP) is 1.98. The first-order chi connectivity index (χ1) is 5.04. The zero-order valence-electron chi connectivity index (χ0n) is 6.85. The number of hydrogen-bond acceptors (Lipinski definition) is 2. The van der Waals surface area contributed by atoms with E-state index in [4.69, 9.17) is 5.11 Å². The monoisotopic (exact) mass is 152 g/mol. The molecule has 11 heavy (non-hydrogen) atoms. The lowest BCUT2D eigenvalue weighted by molar-refractivity contribution is -0.114. The maximum Gasteiger partial charge on any atom is 0.195 e. The van der Waals surface area contributed by atoms with E-state index in [0.717, 1.165) is 0 Å². The van der Waals surface area contributed by atoms with Crippen LogP contribution in [0, 0.1) is 5.92 Å². The Morgan fingerprint density at radius 1 is 1.55 bits per heavy atom. The Morgan fingerprint density at radius 3 is 2.45 bits per heavy atom.